The molecule has 4 heteroatoms. The zero-order chi connectivity index (χ0) is 10.7. The SMILES string of the molecule is CNc1cnn(Cc2ccc(Cl)cc2)c1. The van der Waals surface area contributed by atoms with Gasteiger partial charge in [0.15, 0.2) is 0 Å². The number of nitrogens with zero attached hydrogens (tertiary/aromatic N) is 2. The molecular weight excluding hydrogens is 210 g/mol. The molecule has 0 bridgehead atoms. The second-order valence-electron chi connectivity index (χ2n) is 3.30. The molecule has 0 aliphatic heterocycles. The first-order valence-electron chi connectivity index (χ1n) is 4.72. The summed E-state index contributed by atoms with van der Waals surface area (Å²) in [6, 6.07) is 7.78. The van der Waals surface area contributed by atoms with Crippen molar-refractivity contribution in [3.63, 3.8) is 0 Å². The minimum Gasteiger partial charge on any atom is -0.386 e. The molecule has 0 amide bonds. The second kappa shape index (κ2) is 4.36. The van der Waals surface area contributed by atoms with Crippen LogP contribution in [-0.4, -0.2) is 16.8 Å². The van der Waals surface area contributed by atoms with Gasteiger partial charge in [0, 0.05) is 18.3 Å². The fourth-order valence-electron chi connectivity index (χ4n) is 1.36. The number of aromatic nitrogens is 2. The van der Waals surface area contributed by atoms with Gasteiger partial charge in [-0.05, 0) is 17.7 Å². The van der Waals surface area contributed by atoms with Crippen molar-refractivity contribution in [3.05, 3.63) is 47.2 Å². The van der Waals surface area contributed by atoms with E-state index in [2.05, 4.69) is 10.4 Å². The van der Waals surface area contributed by atoms with Gasteiger partial charge in [0.1, 0.15) is 0 Å². The van der Waals surface area contributed by atoms with Gasteiger partial charge in [-0.25, -0.2) is 0 Å². The minimum absolute atomic E-state index is 0.759. The van der Waals surface area contributed by atoms with E-state index in [4.69, 9.17) is 11.6 Å². The first-order chi connectivity index (χ1) is 7.28. The maximum absolute atomic E-state index is 5.81. The van der Waals surface area contributed by atoms with Gasteiger partial charge < -0.3 is 5.32 Å². The lowest BCUT2D eigenvalue weighted by molar-refractivity contribution is 0.687. The van der Waals surface area contributed by atoms with Crippen molar-refractivity contribution in [1.29, 1.82) is 0 Å². The summed E-state index contributed by atoms with van der Waals surface area (Å²) >= 11 is 5.81. The van der Waals surface area contributed by atoms with Gasteiger partial charge in [-0.3, -0.25) is 4.68 Å². The fraction of sp³-hybridized carbons (Fsp3) is 0.182. The molecule has 1 N–H and O–H groups in total. The van der Waals surface area contributed by atoms with Crippen molar-refractivity contribution in [1.82, 2.24) is 9.78 Å². The molecule has 0 fully saturated rings. The number of nitrogens with one attached hydrogen (secondary N) is 1. The summed E-state index contributed by atoms with van der Waals surface area (Å²) in [4.78, 5) is 0. The average molecular weight is 222 g/mol. The van der Waals surface area contributed by atoms with Crippen molar-refractivity contribution in [2.24, 2.45) is 0 Å². The molecule has 2 rings (SSSR count). The molecule has 0 saturated carbocycles. The van der Waals surface area contributed by atoms with Crippen LogP contribution in [0.3, 0.4) is 0 Å². The van der Waals surface area contributed by atoms with Crippen LogP contribution in [0.15, 0.2) is 36.7 Å². The predicted molar refractivity (Wildman–Crippen MR) is 62.3 cm³/mol. The molecule has 0 atom stereocenters. The van der Waals surface area contributed by atoms with Gasteiger partial charge in [0.05, 0.1) is 18.4 Å². The Balaban J connectivity index is 2.11. The highest BCUT2D eigenvalue weighted by molar-refractivity contribution is 6.30. The molecular formula is C11H12ClN3. The van der Waals surface area contributed by atoms with E-state index < -0.39 is 0 Å². The molecule has 15 heavy (non-hydrogen) atoms. The molecule has 3 nitrogen and oxygen atoms in total. The van der Waals surface area contributed by atoms with Crippen LogP contribution < -0.4 is 5.32 Å². The van der Waals surface area contributed by atoms with E-state index in [0.29, 0.717) is 0 Å². The molecule has 0 aliphatic rings. The summed E-state index contributed by atoms with van der Waals surface area (Å²) in [7, 11) is 1.88. The topological polar surface area (TPSA) is 29.9 Å². The highest BCUT2D eigenvalue weighted by Crippen LogP contribution is 2.11. The van der Waals surface area contributed by atoms with Gasteiger partial charge in [-0.15, -0.1) is 0 Å². The normalized spacial score (nSPS) is 10.3. The zero-order valence-corrected chi connectivity index (χ0v) is 9.20. The summed E-state index contributed by atoms with van der Waals surface area (Å²) in [6.45, 7) is 0.763. The Kier molecular flexibility index (Phi) is 2.92. The molecule has 0 spiro atoms. The smallest absolute Gasteiger partial charge is 0.0724 e. The quantitative estimate of drug-likeness (QED) is 0.864. The first-order valence-corrected chi connectivity index (χ1v) is 5.10. The zero-order valence-electron chi connectivity index (χ0n) is 8.44. The minimum atomic E-state index is 0.759. The largest absolute Gasteiger partial charge is 0.386 e. The average Bonchev–Trinajstić information content (AvgIpc) is 2.69. The van der Waals surface area contributed by atoms with Gasteiger partial charge in [0.25, 0.3) is 0 Å². The highest BCUT2D eigenvalue weighted by atomic mass is 35.5. The van der Waals surface area contributed by atoms with Crippen LogP contribution in [0.1, 0.15) is 5.56 Å². The Bertz CT molecular complexity index is 433. The van der Waals surface area contributed by atoms with Crippen LogP contribution in [0, 0.1) is 0 Å². The van der Waals surface area contributed by atoms with Crippen LogP contribution in [0.4, 0.5) is 5.69 Å². The predicted octanol–water partition coefficient (Wildman–Crippen LogP) is 2.63. The third kappa shape index (κ3) is 2.50. The van der Waals surface area contributed by atoms with Gasteiger partial charge in [-0.1, -0.05) is 23.7 Å². The Hall–Kier alpha value is -1.48. The van der Waals surface area contributed by atoms with E-state index in [1.54, 1.807) is 6.20 Å². The van der Waals surface area contributed by atoms with E-state index in [0.717, 1.165) is 17.3 Å². The van der Waals surface area contributed by atoms with Crippen molar-refractivity contribution in [2.75, 3.05) is 12.4 Å². The number of rotatable bonds is 3. The summed E-state index contributed by atoms with van der Waals surface area (Å²) in [5, 5.41) is 8.02. The molecule has 1 aromatic heterocycles. The molecule has 0 saturated heterocycles. The third-order valence-corrected chi connectivity index (χ3v) is 2.43. The monoisotopic (exact) mass is 221 g/mol. The van der Waals surface area contributed by atoms with Gasteiger partial charge in [0.2, 0.25) is 0 Å². The number of hydrogen-bond donors (Lipinski definition) is 1. The maximum Gasteiger partial charge on any atom is 0.0724 e. The lowest BCUT2D eigenvalue weighted by Gasteiger charge is -2.01. The van der Waals surface area contributed by atoms with Crippen molar-refractivity contribution in [3.8, 4) is 0 Å². The van der Waals surface area contributed by atoms with Gasteiger partial charge in [-0.2, -0.15) is 5.10 Å². The number of anilines is 1. The first kappa shape index (κ1) is 10.1. The molecule has 0 radical (unpaired) electrons. The van der Waals surface area contributed by atoms with Crippen LogP contribution in [0.5, 0.6) is 0 Å². The fourth-order valence-corrected chi connectivity index (χ4v) is 1.48. The van der Waals surface area contributed by atoms with Crippen molar-refractivity contribution >= 4 is 17.3 Å². The summed E-state index contributed by atoms with van der Waals surface area (Å²) in [5.41, 5.74) is 2.20. The van der Waals surface area contributed by atoms with Crippen LogP contribution in [0.25, 0.3) is 0 Å². The summed E-state index contributed by atoms with van der Waals surface area (Å²) in [6.07, 6.45) is 3.77. The molecule has 78 valence electrons. The highest BCUT2D eigenvalue weighted by Gasteiger charge is 1.97. The standard InChI is InChI=1S/C11H12ClN3/c1-13-11-6-14-15(8-11)7-9-2-4-10(12)5-3-9/h2-6,8,13H,7H2,1H3. The molecule has 0 aliphatic carbocycles. The van der Waals surface area contributed by atoms with Crippen molar-refractivity contribution in [2.45, 2.75) is 6.54 Å². The maximum atomic E-state index is 5.81. The molecule has 0 unspecified atom stereocenters. The van der Waals surface area contributed by atoms with Crippen LogP contribution in [-0.2, 0) is 6.54 Å². The van der Waals surface area contributed by atoms with E-state index >= 15 is 0 Å². The van der Waals surface area contributed by atoms with E-state index in [-0.39, 0.29) is 0 Å². The number of benzene rings is 1. The van der Waals surface area contributed by atoms with Crippen LogP contribution in [0.2, 0.25) is 5.02 Å². The Morgan fingerprint density at radius 3 is 2.67 bits per heavy atom. The van der Waals surface area contributed by atoms with E-state index in [1.807, 2.05) is 42.2 Å². The molecule has 1 heterocycles. The van der Waals surface area contributed by atoms with Gasteiger partial charge >= 0.3 is 0 Å². The lowest BCUT2D eigenvalue weighted by Crippen LogP contribution is -1.99. The third-order valence-electron chi connectivity index (χ3n) is 2.18. The Morgan fingerprint density at radius 2 is 2.07 bits per heavy atom. The molecule has 1 aromatic carbocycles. The number of hydrogen-bond acceptors (Lipinski definition) is 2. The number of halogens is 1. The van der Waals surface area contributed by atoms with Crippen LogP contribution >= 0.6 is 11.6 Å². The lowest BCUT2D eigenvalue weighted by atomic mass is 10.2. The Labute approximate surface area is 93.7 Å². The van der Waals surface area contributed by atoms with E-state index in [9.17, 15) is 0 Å². The Morgan fingerprint density at radius 1 is 1.33 bits per heavy atom. The van der Waals surface area contributed by atoms with E-state index in [1.165, 1.54) is 5.56 Å². The van der Waals surface area contributed by atoms with Crippen molar-refractivity contribution < 1.29 is 0 Å². The molecule has 2 aromatic rings. The second-order valence-corrected chi connectivity index (χ2v) is 3.74. The summed E-state index contributed by atoms with van der Waals surface area (Å²) < 4.78 is 1.88. The summed E-state index contributed by atoms with van der Waals surface area (Å²) in [5.74, 6) is 0.